The topological polar surface area (TPSA) is 24.9 Å². The van der Waals surface area contributed by atoms with Crippen molar-refractivity contribution in [2.45, 2.75) is 13.0 Å². The van der Waals surface area contributed by atoms with Gasteiger partial charge in [-0.05, 0) is 48.4 Å². The third kappa shape index (κ3) is 3.29. The molecule has 1 N–H and O–H groups in total. The number of aromatic nitrogens is 1. The SMILES string of the molecule is CNCc1ccc(Cl)cc1Cc1cccnc1. The molecule has 1 aromatic carbocycles. The smallest absolute Gasteiger partial charge is 0.0409 e. The molecule has 0 aliphatic rings. The van der Waals surface area contributed by atoms with Crippen LogP contribution in [0.15, 0.2) is 42.7 Å². The lowest BCUT2D eigenvalue weighted by Gasteiger charge is -2.09. The fourth-order valence-corrected chi connectivity index (χ4v) is 2.04. The van der Waals surface area contributed by atoms with Gasteiger partial charge in [0.2, 0.25) is 0 Å². The lowest BCUT2D eigenvalue weighted by atomic mass is 10.0. The van der Waals surface area contributed by atoms with E-state index in [0.717, 1.165) is 18.0 Å². The minimum Gasteiger partial charge on any atom is -0.316 e. The maximum atomic E-state index is 6.05. The van der Waals surface area contributed by atoms with E-state index in [4.69, 9.17) is 11.6 Å². The summed E-state index contributed by atoms with van der Waals surface area (Å²) >= 11 is 6.05. The highest BCUT2D eigenvalue weighted by molar-refractivity contribution is 6.30. The molecule has 1 heterocycles. The summed E-state index contributed by atoms with van der Waals surface area (Å²) in [6, 6.07) is 10.1. The Morgan fingerprint density at radius 1 is 1.24 bits per heavy atom. The zero-order chi connectivity index (χ0) is 12.1. The van der Waals surface area contributed by atoms with E-state index in [1.54, 1.807) is 6.20 Å². The highest BCUT2D eigenvalue weighted by Gasteiger charge is 2.04. The molecule has 0 saturated heterocycles. The molecule has 2 aromatic rings. The molecule has 0 fully saturated rings. The van der Waals surface area contributed by atoms with Crippen LogP contribution in [0.25, 0.3) is 0 Å². The van der Waals surface area contributed by atoms with Gasteiger partial charge < -0.3 is 5.32 Å². The van der Waals surface area contributed by atoms with Crippen LogP contribution in [0.3, 0.4) is 0 Å². The molecule has 0 atom stereocenters. The number of hydrogen-bond donors (Lipinski definition) is 1. The Morgan fingerprint density at radius 2 is 2.12 bits per heavy atom. The Kier molecular flexibility index (Phi) is 4.13. The molecule has 2 nitrogen and oxygen atoms in total. The number of hydrogen-bond acceptors (Lipinski definition) is 2. The van der Waals surface area contributed by atoms with Gasteiger partial charge in [0.15, 0.2) is 0 Å². The van der Waals surface area contributed by atoms with Gasteiger partial charge in [-0.2, -0.15) is 0 Å². The second kappa shape index (κ2) is 5.80. The van der Waals surface area contributed by atoms with Crippen LogP contribution in [0, 0.1) is 0 Å². The standard InChI is InChI=1S/C14H15ClN2/c1-16-10-12-4-5-14(15)8-13(12)7-11-3-2-6-17-9-11/h2-6,8-9,16H,7,10H2,1H3. The van der Waals surface area contributed by atoms with Crippen LogP contribution in [0.4, 0.5) is 0 Å². The maximum Gasteiger partial charge on any atom is 0.0409 e. The van der Waals surface area contributed by atoms with Gasteiger partial charge in [0, 0.05) is 24.0 Å². The van der Waals surface area contributed by atoms with E-state index in [1.165, 1.54) is 16.7 Å². The number of rotatable bonds is 4. The Hall–Kier alpha value is -1.38. The predicted octanol–water partition coefficient (Wildman–Crippen LogP) is 3.05. The molecule has 0 unspecified atom stereocenters. The van der Waals surface area contributed by atoms with Gasteiger partial charge in [0.25, 0.3) is 0 Å². The van der Waals surface area contributed by atoms with Crippen LogP contribution in [0.5, 0.6) is 0 Å². The largest absolute Gasteiger partial charge is 0.316 e. The molecule has 3 heteroatoms. The summed E-state index contributed by atoms with van der Waals surface area (Å²) in [6.07, 6.45) is 4.55. The Labute approximate surface area is 107 Å². The summed E-state index contributed by atoms with van der Waals surface area (Å²) in [7, 11) is 1.95. The lowest BCUT2D eigenvalue weighted by molar-refractivity contribution is 0.807. The van der Waals surface area contributed by atoms with Gasteiger partial charge in [-0.25, -0.2) is 0 Å². The molecule has 0 saturated carbocycles. The number of pyridine rings is 1. The van der Waals surface area contributed by atoms with Crippen LogP contribution in [-0.4, -0.2) is 12.0 Å². The minimum atomic E-state index is 0.781. The number of benzene rings is 1. The average Bonchev–Trinajstić information content (AvgIpc) is 2.34. The second-order valence-electron chi connectivity index (χ2n) is 3.98. The minimum absolute atomic E-state index is 0.781. The van der Waals surface area contributed by atoms with Crippen molar-refractivity contribution in [3.05, 3.63) is 64.4 Å². The number of nitrogens with zero attached hydrogens (tertiary/aromatic N) is 1. The summed E-state index contributed by atoms with van der Waals surface area (Å²) in [6.45, 7) is 0.854. The van der Waals surface area contributed by atoms with E-state index in [-0.39, 0.29) is 0 Å². The summed E-state index contributed by atoms with van der Waals surface area (Å²) in [4.78, 5) is 4.13. The van der Waals surface area contributed by atoms with Crippen molar-refractivity contribution in [1.82, 2.24) is 10.3 Å². The summed E-state index contributed by atoms with van der Waals surface area (Å²) in [5.74, 6) is 0. The van der Waals surface area contributed by atoms with Gasteiger partial charge in [-0.15, -0.1) is 0 Å². The average molecular weight is 247 g/mol. The van der Waals surface area contributed by atoms with Gasteiger partial charge in [-0.1, -0.05) is 23.7 Å². The van der Waals surface area contributed by atoms with E-state index in [2.05, 4.69) is 22.4 Å². The molecule has 0 amide bonds. The quantitative estimate of drug-likeness (QED) is 0.897. The Morgan fingerprint density at radius 3 is 2.82 bits per heavy atom. The zero-order valence-electron chi connectivity index (χ0n) is 9.78. The summed E-state index contributed by atoms with van der Waals surface area (Å²) < 4.78 is 0. The monoisotopic (exact) mass is 246 g/mol. The van der Waals surface area contributed by atoms with Crippen LogP contribution in [0.1, 0.15) is 16.7 Å². The number of nitrogens with one attached hydrogen (secondary N) is 1. The third-order valence-electron chi connectivity index (χ3n) is 2.65. The van der Waals surface area contributed by atoms with Crippen molar-refractivity contribution < 1.29 is 0 Å². The molecule has 0 radical (unpaired) electrons. The van der Waals surface area contributed by atoms with E-state index in [9.17, 15) is 0 Å². The van der Waals surface area contributed by atoms with Gasteiger partial charge >= 0.3 is 0 Å². The Balaban J connectivity index is 2.27. The van der Waals surface area contributed by atoms with Crippen molar-refractivity contribution >= 4 is 11.6 Å². The number of halogens is 1. The van der Waals surface area contributed by atoms with Crippen molar-refractivity contribution in [2.24, 2.45) is 0 Å². The fraction of sp³-hybridized carbons (Fsp3) is 0.214. The molecule has 0 aliphatic carbocycles. The summed E-state index contributed by atoms with van der Waals surface area (Å²) in [5, 5.41) is 3.95. The van der Waals surface area contributed by atoms with E-state index in [1.807, 2.05) is 31.4 Å². The van der Waals surface area contributed by atoms with E-state index >= 15 is 0 Å². The van der Waals surface area contributed by atoms with E-state index < -0.39 is 0 Å². The molecular formula is C14H15ClN2. The molecule has 0 bridgehead atoms. The van der Waals surface area contributed by atoms with Crippen molar-refractivity contribution in [3.63, 3.8) is 0 Å². The molecule has 0 spiro atoms. The molecule has 2 rings (SSSR count). The first kappa shape index (κ1) is 12.1. The Bertz CT molecular complexity index is 483. The molecule has 17 heavy (non-hydrogen) atoms. The third-order valence-corrected chi connectivity index (χ3v) is 2.89. The van der Waals surface area contributed by atoms with Crippen LogP contribution in [0.2, 0.25) is 5.02 Å². The maximum absolute atomic E-state index is 6.05. The molecule has 88 valence electrons. The van der Waals surface area contributed by atoms with Gasteiger partial charge in [0.1, 0.15) is 0 Å². The fourth-order valence-electron chi connectivity index (χ4n) is 1.84. The van der Waals surface area contributed by atoms with Gasteiger partial charge in [-0.3, -0.25) is 4.98 Å². The first-order valence-electron chi connectivity index (χ1n) is 5.60. The first-order valence-corrected chi connectivity index (χ1v) is 5.98. The van der Waals surface area contributed by atoms with Crippen molar-refractivity contribution in [3.8, 4) is 0 Å². The molecule has 0 aliphatic heterocycles. The van der Waals surface area contributed by atoms with E-state index in [0.29, 0.717) is 0 Å². The van der Waals surface area contributed by atoms with Crippen molar-refractivity contribution in [1.29, 1.82) is 0 Å². The summed E-state index contributed by atoms with van der Waals surface area (Å²) in [5.41, 5.74) is 3.73. The second-order valence-corrected chi connectivity index (χ2v) is 4.42. The zero-order valence-corrected chi connectivity index (χ0v) is 10.5. The molecule has 1 aromatic heterocycles. The highest BCUT2D eigenvalue weighted by atomic mass is 35.5. The van der Waals surface area contributed by atoms with Crippen LogP contribution < -0.4 is 5.32 Å². The lowest BCUT2D eigenvalue weighted by Crippen LogP contribution is -2.08. The normalized spacial score (nSPS) is 10.5. The van der Waals surface area contributed by atoms with Crippen LogP contribution >= 0.6 is 11.6 Å². The highest BCUT2D eigenvalue weighted by Crippen LogP contribution is 2.19. The van der Waals surface area contributed by atoms with Crippen LogP contribution in [-0.2, 0) is 13.0 Å². The van der Waals surface area contributed by atoms with Gasteiger partial charge in [0.05, 0.1) is 0 Å². The molecular weight excluding hydrogens is 232 g/mol. The predicted molar refractivity (Wildman–Crippen MR) is 71.3 cm³/mol. The first-order chi connectivity index (χ1) is 8.29. The van der Waals surface area contributed by atoms with Crippen molar-refractivity contribution in [2.75, 3.05) is 7.05 Å².